The Bertz CT molecular complexity index is 800. The number of fused-ring (bicyclic) bond motifs is 1. The van der Waals surface area contributed by atoms with Crippen molar-refractivity contribution in [3.05, 3.63) is 41.3 Å². The van der Waals surface area contributed by atoms with Gasteiger partial charge in [-0.05, 0) is 42.9 Å². The molecule has 1 amide bonds. The molecule has 0 bridgehead atoms. The van der Waals surface area contributed by atoms with E-state index in [0.29, 0.717) is 19.5 Å². The topological polar surface area (TPSA) is 64.8 Å². The van der Waals surface area contributed by atoms with E-state index in [2.05, 4.69) is 24.2 Å². The van der Waals surface area contributed by atoms with Gasteiger partial charge in [0.15, 0.2) is 11.5 Å². The molecule has 1 aromatic carbocycles. The number of hydrogen-bond donors (Lipinski definition) is 0. The van der Waals surface area contributed by atoms with Crippen LogP contribution < -0.4 is 9.47 Å². The predicted molar refractivity (Wildman–Crippen MR) is 90.3 cm³/mol. The van der Waals surface area contributed by atoms with Crippen molar-refractivity contribution >= 4 is 5.91 Å². The van der Waals surface area contributed by atoms with E-state index in [1.165, 1.54) is 5.56 Å². The van der Waals surface area contributed by atoms with Crippen molar-refractivity contribution in [2.75, 3.05) is 13.3 Å². The smallest absolute Gasteiger partial charge is 0.231 e. The summed E-state index contributed by atoms with van der Waals surface area (Å²) in [4.78, 5) is 14.2. The van der Waals surface area contributed by atoms with E-state index in [1.807, 2.05) is 24.0 Å². The number of aromatic nitrogens is 1. The molecule has 132 valence electrons. The van der Waals surface area contributed by atoms with Gasteiger partial charge in [0.05, 0.1) is 6.54 Å². The molecule has 0 radical (unpaired) electrons. The third kappa shape index (κ3) is 3.34. The van der Waals surface area contributed by atoms with Crippen LogP contribution in [-0.2, 0) is 17.8 Å². The Hall–Kier alpha value is -2.50. The van der Waals surface area contributed by atoms with Gasteiger partial charge >= 0.3 is 0 Å². The molecule has 1 aromatic heterocycles. The molecule has 0 aliphatic carbocycles. The van der Waals surface area contributed by atoms with Gasteiger partial charge in [0, 0.05) is 19.0 Å². The summed E-state index contributed by atoms with van der Waals surface area (Å²) < 4.78 is 16.0. The standard InChI is InChI=1S/C19H22N2O4/c1-13-7-15(20-25-13)10-21-11-19(2,6-5-18(21)22)9-14-3-4-16-17(8-14)24-12-23-16/h3-4,7-8H,5-6,9-12H2,1-2H3/t19-/m1/s1. The molecule has 1 atom stereocenters. The fraction of sp³-hybridized carbons (Fsp3) is 0.474. The fourth-order valence-corrected chi connectivity index (χ4v) is 3.71. The number of aryl methyl sites for hydroxylation is 1. The van der Waals surface area contributed by atoms with Crippen molar-refractivity contribution in [1.82, 2.24) is 10.1 Å². The average Bonchev–Trinajstić information content (AvgIpc) is 3.19. The van der Waals surface area contributed by atoms with Gasteiger partial charge in [0.1, 0.15) is 11.5 Å². The van der Waals surface area contributed by atoms with E-state index in [9.17, 15) is 4.79 Å². The van der Waals surface area contributed by atoms with Gasteiger partial charge in [-0.3, -0.25) is 4.79 Å². The first-order valence-corrected chi connectivity index (χ1v) is 8.59. The largest absolute Gasteiger partial charge is 0.454 e. The van der Waals surface area contributed by atoms with Gasteiger partial charge in [-0.1, -0.05) is 18.1 Å². The first-order valence-electron chi connectivity index (χ1n) is 8.59. The molecule has 1 fully saturated rings. The maximum absolute atomic E-state index is 12.3. The molecule has 2 aliphatic heterocycles. The molecular weight excluding hydrogens is 320 g/mol. The SMILES string of the molecule is Cc1cc(CN2C[C@@](C)(Cc3ccc4c(c3)OCO4)CCC2=O)no1. The highest BCUT2D eigenvalue weighted by atomic mass is 16.7. The molecule has 0 saturated carbocycles. The third-order valence-corrected chi connectivity index (χ3v) is 4.97. The monoisotopic (exact) mass is 342 g/mol. The second kappa shape index (κ2) is 6.10. The Morgan fingerprint density at radius 1 is 1.24 bits per heavy atom. The number of carbonyl (C=O) groups excluding carboxylic acids is 1. The minimum atomic E-state index is 0.0282. The molecule has 2 aromatic rings. The van der Waals surface area contributed by atoms with Crippen LogP contribution in [0.15, 0.2) is 28.8 Å². The summed E-state index contributed by atoms with van der Waals surface area (Å²) in [5.74, 6) is 2.56. The van der Waals surface area contributed by atoms with Gasteiger partial charge in [-0.2, -0.15) is 0 Å². The quantitative estimate of drug-likeness (QED) is 0.854. The summed E-state index contributed by atoms with van der Waals surface area (Å²) in [5, 5.41) is 4.02. The minimum Gasteiger partial charge on any atom is -0.454 e. The second-order valence-electron chi connectivity index (χ2n) is 7.35. The summed E-state index contributed by atoms with van der Waals surface area (Å²) in [6.45, 7) is 5.61. The fourth-order valence-electron chi connectivity index (χ4n) is 3.71. The van der Waals surface area contributed by atoms with Gasteiger partial charge in [0.2, 0.25) is 12.7 Å². The van der Waals surface area contributed by atoms with Crippen LogP contribution in [0.1, 0.15) is 36.8 Å². The molecule has 0 N–H and O–H groups in total. The second-order valence-corrected chi connectivity index (χ2v) is 7.35. The van der Waals surface area contributed by atoms with Crippen molar-refractivity contribution in [3.8, 4) is 11.5 Å². The number of carbonyl (C=O) groups is 1. The van der Waals surface area contributed by atoms with Crippen molar-refractivity contribution in [2.45, 2.75) is 39.7 Å². The third-order valence-electron chi connectivity index (χ3n) is 4.97. The van der Waals surface area contributed by atoms with Crippen LogP contribution in [0.3, 0.4) is 0 Å². The molecule has 6 nitrogen and oxygen atoms in total. The van der Waals surface area contributed by atoms with Crippen LogP contribution in [-0.4, -0.2) is 29.3 Å². The zero-order chi connectivity index (χ0) is 17.4. The van der Waals surface area contributed by atoms with E-state index < -0.39 is 0 Å². The summed E-state index contributed by atoms with van der Waals surface area (Å²) in [7, 11) is 0. The van der Waals surface area contributed by atoms with Gasteiger partial charge < -0.3 is 18.9 Å². The maximum atomic E-state index is 12.3. The lowest BCUT2D eigenvalue weighted by Gasteiger charge is -2.40. The van der Waals surface area contributed by atoms with E-state index in [-0.39, 0.29) is 18.1 Å². The maximum Gasteiger partial charge on any atom is 0.231 e. The highest BCUT2D eigenvalue weighted by molar-refractivity contribution is 5.77. The van der Waals surface area contributed by atoms with Crippen LogP contribution in [0.5, 0.6) is 11.5 Å². The summed E-state index contributed by atoms with van der Waals surface area (Å²) in [6.07, 6.45) is 2.35. The van der Waals surface area contributed by atoms with Crippen LogP contribution in [0.2, 0.25) is 0 Å². The highest BCUT2D eigenvalue weighted by Crippen LogP contribution is 2.38. The summed E-state index contributed by atoms with van der Waals surface area (Å²) in [5.41, 5.74) is 2.04. The highest BCUT2D eigenvalue weighted by Gasteiger charge is 2.35. The Kier molecular flexibility index (Phi) is 3.90. The van der Waals surface area contributed by atoms with Gasteiger partial charge in [0.25, 0.3) is 0 Å². The van der Waals surface area contributed by atoms with E-state index in [1.54, 1.807) is 0 Å². The normalized spacial score (nSPS) is 22.5. The number of benzene rings is 1. The van der Waals surface area contributed by atoms with E-state index in [4.69, 9.17) is 14.0 Å². The lowest BCUT2D eigenvalue weighted by Crippen LogP contribution is -2.45. The van der Waals surface area contributed by atoms with Gasteiger partial charge in [-0.15, -0.1) is 0 Å². The van der Waals surface area contributed by atoms with Crippen molar-refractivity contribution < 1.29 is 18.8 Å². The molecule has 3 heterocycles. The Balaban J connectivity index is 1.48. The number of piperidine rings is 1. The predicted octanol–water partition coefficient (Wildman–Crippen LogP) is 3.08. The van der Waals surface area contributed by atoms with Crippen molar-refractivity contribution in [3.63, 3.8) is 0 Å². The molecule has 1 saturated heterocycles. The van der Waals surface area contributed by atoms with Crippen LogP contribution in [0.25, 0.3) is 0 Å². The van der Waals surface area contributed by atoms with Crippen molar-refractivity contribution in [2.24, 2.45) is 5.41 Å². The first-order chi connectivity index (χ1) is 12.0. The number of hydrogen-bond acceptors (Lipinski definition) is 5. The Morgan fingerprint density at radius 2 is 2.08 bits per heavy atom. The average molecular weight is 342 g/mol. The molecule has 6 heteroatoms. The van der Waals surface area contributed by atoms with Gasteiger partial charge in [-0.25, -0.2) is 0 Å². The Labute approximate surface area is 146 Å². The first kappa shape index (κ1) is 16.0. The van der Waals surface area contributed by atoms with E-state index >= 15 is 0 Å². The van der Waals surface area contributed by atoms with E-state index in [0.717, 1.165) is 35.8 Å². The number of amides is 1. The summed E-state index contributed by atoms with van der Waals surface area (Å²) >= 11 is 0. The number of rotatable bonds is 4. The molecule has 4 rings (SSSR count). The number of nitrogens with zero attached hydrogens (tertiary/aromatic N) is 2. The molecule has 2 aliphatic rings. The lowest BCUT2D eigenvalue weighted by atomic mass is 9.76. The molecule has 0 spiro atoms. The summed E-state index contributed by atoms with van der Waals surface area (Å²) in [6, 6.07) is 7.98. The molecular formula is C19H22N2O4. The van der Waals surface area contributed by atoms with Crippen LogP contribution in [0.4, 0.5) is 0 Å². The number of ether oxygens (including phenoxy) is 2. The van der Waals surface area contributed by atoms with Crippen LogP contribution >= 0.6 is 0 Å². The molecule has 25 heavy (non-hydrogen) atoms. The minimum absolute atomic E-state index is 0.0282. The lowest BCUT2D eigenvalue weighted by molar-refractivity contribution is -0.138. The molecule has 0 unspecified atom stereocenters. The number of likely N-dealkylation sites (tertiary alicyclic amines) is 1. The van der Waals surface area contributed by atoms with Crippen molar-refractivity contribution in [1.29, 1.82) is 0 Å². The zero-order valence-corrected chi connectivity index (χ0v) is 14.6. The van der Waals surface area contributed by atoms with Crippen LogP contribution in [0, 0.1) is 12.3 Å². The zero-order valence-electron chi connectivity index (χ0n) is 14.6. The Morgan fingerprint density at radius 3 is 2.88 bits per heavy atom.